The molecule has 29 heavy (non-hydrogen) atoms. The van der Waals surface area contributed by atoms with Gasteiger partial charge in [-0.15, -0.1) is 0 Å². The standard InChI is InChI=1S/C24H27N3O2/c1-17-24(29)27(16-18-9-5-4-6-10-18)22-14-13-19(15-21(22)25-17)23(28)26-20-11-7-2-3-8-12-20/h4-6,9-10,13-15,20H,2-3,7-8,11-12,16H2,1H3,(H,26,28). The lowest BCUT2D eigenvalue weighted by molar-refractivity contribution is 0.0933. The Hall–Kier alpha value is -2.95. The molecule has 0 bridgehead atoms. The average Bonchev–Trinajstić information content (AvgIpc) is 3.00. The van der Waals surface area contributed by atoms with Crippen molar-refractivity contribution < 1.29 is 4.79 Å². The highest BCUT2D eigenvalue weighted by atomic mass is 16.1. The first-order chi connectivity index (χ1) is 14.1. The highest BCUT2D eigenvalue weighted by Crippen LogP contribution is 2.19. The summed E-state index contributed by atoms with van der Waals surface area (Å²) < 4.78 is 1.74. The molecule has 5 nitrogen and oxygen atoms in total. The maximum absolute atomic E-state index is 12.8. The zero-order valence-electron chi connectivity index (χ0n) is 16.9. The van der Waals surface area contributed by atoms with Gasteiger partial charge in [-0.1, -0.05) is 56.0 Å². The van der Waals surface area contributed by atoms with Crippen LogP contribution in [-0.4, -0.2) is 21.5 Å². The quantitative estimate of drug-likeness (QED) is 0.680. The topological polar surface area (TPSA) is 64.0 Å². The number of hydrogen-bond donors (Lipinski definition) is 1. The fraction of sp³-hybridized carbons (Fsp3) is 0.375. The van der Waals surface area contributed by atoms with Crippen LogP contribution in [0, 0.1) is 6.92 Å². The molecule has 0 spiro atoms. The molecule has 1 aliphatic carbocycles. The van der Waals surface area contributed by atoms with Gasteiger partial charge in [0.1, 0.15) is 5.69 Å². The normalized spacial score (nSPS) is 15.2. The second-order valence-electron chi connectivity index (χ2n) is 7.94. The third-order valence-electron chi connectivity index (χ3n) is 5.75. The lowest BCUT2D eigenvalue weighted by Gasteiger charge is -2.17. The Balaban J connectivity index is 1.64. The van der Waals surface area contributed by atoms with Crippen molar-refractivity contribution in [2.24, 2.45) is 0 Å². The van der Waals surface area contributed by atoms with Gasteiger partial charge >= 0.3 is 0 Å². The molecular formula is C24H27N3O2. The minimum absolute atomic E-state index is 0.0564. The first kappa shape index (κ1) is 19.4. The third kappa shape index (κ3) is 4.39. The van der Waals surface area contributed by atoms with E-state index in [9.17, 15) is 9.59 Å². The van der Waals surface area contributed by atoms with E-state index in [4.69, 9.17) is 0 Å². The molecule has 0 radical (unpaired) electrons. The van der Waals surface area contributed by atoms with Crippen LogP contribution in [0.4, 0.5) is 0 Å². The number of carbonyl (C=O) groups excluding carboxylic acids is 1. The van der Waals surface area contributed by atoms with Gasteiger partial charge in [0.15, 0.2) is 0 Å². The lowest BCUT2D eigenvalue weighted by atomic mass is 10.1. The average molecular weight is 389 g/mol. The van der Waals surface area contributed by atoms with E-state index in [1.54, 1.807) is 23.6 Å². The predicted molar refractivity (Wildman–Crippen MR) is 115 cm³/mol. The van der Waals surface area contributed by atoms with Crippen LogP contribution in [0.5, 0.6) is 0 Å². The van der Waals surface area contributed by atoms with E-state index in [2.05, 4.69) is 10.3 Å². The summed E-state index contributed by atoms with van der Waals surface area (Å²) in [5, 5.41) is 3.19. The summed E-state index contributed by atoms with van der Waals surface area (Å²) in [6.07, 6.45) is 6.96. The fourth-order valence-electron chi connectivity index (χ4n) is 4.13. The first-order valence-electron chi connectivity index (χ1n) is 10.5. The number of fused-ring (bicyclic) bond motifs is 1. The Morgan fingerprint density at radius 1 is 1.07 bits per heavy atom. The highest BCUT2D eigenvalue weighted by Gasteiger charge is 2.17. The molecule has 1 N–H and O–H groups in total. The Labute approximate surface area is 170 Å². The van der Waals surface area contributed by atoms with Gasteiger partial charge in [-0.25, -0.2) is 4.98 Å². The molecule has 1 aliphatic rings. The molecule has 1 heterocycles. The molecule has 150 valence electrons. The molecular weight excluding hydrogens is 362 g/mol. The number of aromatic nitrogens is 2. The van der Waals surface area contributed by atoms with Crippen molar-refractivity contribution in [1.82, 2.24) is 14.9 Å². The van der Waals surface area contributed by atoms with Crippen molar-refractivity contribution in [2.45, 2.75) is 58.0 Å². The summed E-state index contributed by atoms with van der Waals surface area (Å²) in [6, 6.07) is 15.6. The molecule has 0 unspecified atom stereocenters. The molecule has 0 aliphatic heterocycles. The zero-order valence-corrected chi connectivity index (χ0v) is 16.9. The first-order valence-corrected chi connectivity index (χ1v) is 10.5. The summed E-state index contributed by atoms with van der Waals surface area (Å²) in [4.78, 5) is 30.0. The van der Waals surface area contributed by atoms with E-state index >= 15 is 0 Å². The SMILES string of the molecule is Cc1nc2cc(C(=O)NC3CCCCCC3)ccc2n(Cc2ccccc2)c1=O. The Morgan fingerprint density at radius 3 is 2.52 bits per heavy atom. The molecule has 1 fully saturated rings. The smallest absolute Gasteiger partial charge is 0.272 e. The van der Waals surface area contributed by atoms with Gasteiger partial charge in [0.05, 0.1) is 17.6 Å². The van der Waals surface area contributed by atoms with Crippen LogP contribution < -0.4 is 10.9 Å². The van der Waals surface area contributed by atoms with Crippen molar-refractivity contribution in [1.29, 1.82) is 0 Å². The largest absolute Gasteiger partial charge is 0.349 e. The van der Waals surface area contributed by atoms with E-state index in [1.165, 1.54) is 25.7 Å². The van der Waals surface area contributed by atoms with Crippen molar-refractivity contribution in [3.05, 3.63) is 75.7 Å². The van der Waals surface area contributed by atoms with Crippen LogP contribution in [0.25, 0.3) is 11.0 Å². The number of nitrogens with zero attached hydrogens (tertiary/aromatic N) is 2. The zero-order chi connectivity index (χ0) is 20.2. The molecule has 0 atom stereocenters. The summed E-state index contributed by atoms with van der Waals surface area (Å²) >= 11 is 0. The van der Waals surface area contributed by atoms with Gasteiger partial charge in [-0.2, -0.15) is 0 Å². The molecule has 5 heteroatoms. The highest BCUT2D eigenvalue weighted by molar-refractivity contribution is 5.97. The number of amides is 1. The lowest BCUT2D eigenvalue weighted by Crippen LogP contribution is -2.34. The van der Waals surface area contributed by atoms with Crippen molar-refractivity contribution in [3.8, 4) is 0 Å². The molecule has 1 aromatic heterocycles. The van der Waals surface area contributed by atoms with E-state index in [0.29, 0.717) is 23.3 Å². The summed E-state index contributed by atoms with van der Waals surface area (Å²) in [7, 11) is 0. The number of benzene rings is 2. The van der Waals surface area contributed by atoms with Crippen LogP contribution in [-0.2, 0) is 6.54 Å². The number of rotatable bonds is 4. The van der Waals surface area contributed by atoms with Gasteiger partial charge in [0.2, 0.25) is 0 Å². The van der Waals surface area contributed by atoms with Gasteiger partial charge in [-0.3, -0.25) is 9.59 Å². The third-order valence-corrected chi connectivity index (χ3v) is 5.75. The van der Waals surface area contributed by atoms with E-state index < -0.39 is 0 Å². The Morgan fingerprint density at radius 2 is 1.79 bits per heavy atom. The van der Waals surface area contributed by atoms with Crippen LogP contribution in [0.2, 0.25) is 0 Å². The molecule has 2 aromatic carbocycles. The maximum Gasteiger partial charge on any atom is 0.272 e. The van der Waals surface area contributed by atoms with Gasteiger partial charge in [-0.05, 0) is 43.5 Å². The maximum atomic E-state index is 12.8. The Kier molecular flexibility index (Phi) is 5.74. The molecule has 1 amide bonds. The van der Waals surface area contributed by atoms with Crippen molar-refractivity contribution >= 4 is 16.9 Å². The van der Waals surface area contributed by atoms with E-state index in [1.807, 2.05) is 36.4 Å². The molecule has 1 saturated carbocycles. The molecule has 0 saturated heterocycles. The minimum atomic E-state index is -0.1000. The number of hydrogen-bond acceptors (Lipinski definition) is 3. The van der Waals surface area contributed by atoms with Crippen LogP contribution in [0.15, 0.2) is 53.3 Å². The second-order valence-corrected chi connectivity index (χ2v) is 7.94. The van der Waals surface area contributed by atoms with Crippen LogP contribution in [0.3, 0.4) is 0 Å². The van der Waals surface area contributed by atoms with Crippen LogP contribution in [0.1, 0.15) is 60.1 Å². The van der Waals surface area contributed by atoms with Gasteiger partial charge in [0, 0.05) is 11.6 Å². The second kappa shape index (κ2) is 8.60. The number of aryl methyl sites for hydroxylation is 1. The van der Waals surface area contributed by atoms with Crippen molar-refractivity contribution in [2.75, 3.05) is 0 Å². The monoisotopic (exact) mass is 389 g/mol. The van der Waals surface area contributed by atoms with Gasteiger partial charge < -0.3 is 9.88 Å². The van der Waals surface area contributed by atoms with E-state index in [-0.39, 0.29) is 17.5 Å². The predicted octanol–water partition coefficient (Wildman–Crippen LogP) is 4.21. The van der Waals surface area contributed by atoms with E-state index in [0.717, 1.165) is 23.9 Å². The van der Waals surface area contributed by atoms with Crippen molar-refractivity contribution in [3.63, 3.8) is 0 Å². The number of nitrogens with one attached hydrogen (secondary N) is 1. The fourth-order valence-corrected chi connectivity index (χ4v) is 4.13. The number of carbonyl (C=O) groups is 1. The summed E-state index contributed by atoms with van der Waals surface area (Å²) in [6.45, 7) is 2.20. The van der Waals surface area contributed by atoms with Gasteiger partial charge in [0.25, 0.3) is 11.5 Å². The Bertz CT molecular complexity index is 1060. The minimum Gasteiger partial charge on any atom is -0.349 e. The summed E-state index contributed by atoms with van der Waals surface area (Å²) in [5.41, 5.74) is 3.41. The molecule has 3 aromatic rings. The molecule has 4 rings (SSSR count). The summed E-state index contributed by atoms with van der Waals surface area (Å²) in [5.74, 6) is -0.0564. The van der Waals surface area contributed by atoms with Crippen LogP contribution >= 0.6 is 0 Å².